The second-order valence-electron chi connectivity index (χ2n) is 5.06. The summed E-state index contributed by atoms with van der Waals surface area (Å²) in [6.45, 7) is 0. The highest BCUT2D eigenvalue weighted by molar-refractivity contribution is 9.10. The maximum absolute atomic E-state index is 6.32. The van der Waals surface area contributed by atoms with Gasteiger partial charge in [-0.15, -0.1) is 0 Å². The maximum atomic E-state index is 6.32. The molecule has 111 valence electrons. The lowest BCUT2D eigenvalue weighted by atomic mass is 9.87. The molecule has 22 heavy (non-hydrogen) atoms. The van der Waals surface area contributed by atoms with E-state index in [2.05, 4.69) is 44.0 Å². The first kappa shape index (κ1) is 16.3. The van der Waals surface area contributed by atoms with Crippen molar-refractivity contribution in [3.05, 3.63) is 94.0 Å². The summed E-state index contributed by atoms with van der Waals surface area (Å²) >= 11 is 20.1. The summed E-state index contributed by atoms with van der Waals surface area (Å²) in [5.74, 6) is 0. The first-order chi connectivity index (χ1) is 10.4. The normalized spacial score (nSPS) is 27.1. The number of rotatable bonds is 2. The SMILES string of the molecule is Clc1ccccc1C1(Br)[C]=CC(Br)(c2ccccc2Cl)C=C1. The molecular weight excluding hydrogens is 447 g/mol. The molecule has 0 nitrogen and oxygen atoms in total. The Morgan fingerprint density at radius 3 is 1.82 bits per heavy atom. The van der Waals surface area contributed by atoms with Gasteiger partial charge in [-0.3, -0.25) is 0 Å². The Hall–Kier alpha value is -0.540. The summed E-state index contributed by atoms with van der Waals surface area (Å²) in [5.41, 5.74) is 1.94. The van der Waals surface area contributed by atoms with Gasteiger partial charge in [0.15, 0.2) is 0 Å². The molecule has 0 fully saturated rings. The van der Waals surface area contributed by atoms with Crippen molar-refractivity contribution in [2.45, 2.75) is 8.65 Å². The van der Waals surface area contributed by atoms with Crippen LogP contribution in [-0.2, 0) is 8.65 Å². The van der Waals surface area contributed by atoms with E-state index in [1.165, 1.54) is 0 Å². The Balaban J connectivity index is 2.01. The van der Waals surface area contributed by atoms with Crippen molar-refractivity contribution in [1.29, 1.82) is 0 Å². The van der Waals surface area contributed by atoms with E-state index in [0.29, 0.717) is 10.0 Å². The highest BCUT2D eigenvalue weighted by Crippen LogP contribution is 2.47. The molecule has 0 heterocycles. The van der Waals surface area contributed by atoms with Crippen molar-refractivity contribution in [1.82, 2.24) is 0 Å². The Kier molecular flexibility index (Phi) is 4.57. The van der Waals surface area contributed by atoms with Gasteiger partial charge in [-0.05, 0) is 29.3 Å². The van der Waals surface area contributed by atoms with Crippen LogP contribution in [-0.4, -0.2) is 0 Å². The molecule has 0 aliphatic heterocycles. The summed E-state index contributed by atoms with van der Waals surface area (Å²) in [6.07, 6.45) is 9.44. The monoisotopic (exact) mass is 455 g/mol. The quantitative estimate of drug-likeness (QED) is 0.343. The van der Waals surface area contributed by atoms with Crippen LogP contribution in [0.2, 0.25) is 10.0 Å². The summed E-state index contributed by atoms with van der Waals surface area (Å²) in [6, 6.07) is 15.5. The Labute approximate surface area is 157 Å². The van der Waals surface area contributed by atoms with E-state index >= 15 is 0 Å². The minimum atomic E-state index is -0.538. The third kappa shape index (κ3) is 2.94. The molecule has 0 N–H and O–H groups in total. The highest BCUT2D eigenvalue weighted by Gasteiger charge is 2.35. The van der Waals surface area contributed by atoms with Crippen LogP contribution in [0.4, 0.5) is 0 Å². The van der Waals surface area contributed by atoms with Crippen LogP contribution in [0.1, 0.15) is 11.1 Å². The molecule has 2 atom stereocenters. The zero-order chi connectivity index (χ0) is 15.8. The van der Waals surface area contributed by atoms with Gasteiger partial charge < -0.3 is 0 Å². The van der Waals surface area contributed by atoms with E-state index in [-0.39, 0.29) is 0 Å². The van der Waals surface area contributed by atoms with E-state index in [9.17, 15) is 0 Å². The van der Waals surface area contributed by atoms with Crippen molar-refractivity contribution < 1.29 is 0 Å². The molecule has 0 saturated carbocycles. The van der Waals surface area contributed by atoms with Crippen molar-refractivity contribution in [2.75, 3.05) is 0 Å². The van der Waals surface area contributed by atoms with Crippen molar-refractivity contribution in [3.8, 4) is 0 Å². The predicted molar refractivity (Wildman–Crippen MR) is 101 cm³/mol. The second kappa shape index (κ2) is 6.16. The largest absolute Gasteiger partial charge is 0.0951 e. The number of allylic oxidation sites excluding steroid dienone is 4. The number of hydrogen-bond donors (Lipinski definition) is 0. The molecule has 2 aromatic rings. The summed E-state index contributed by atoms with van der Waals surface area (Å²) in [4.78, 5) is 0. The molecule has 0 amide bonds. The average molecular weight is 458 g/mol. The van der Waals surface area contributed by atoms with Gasteiger partial charge in [0.2, 0.25) is 0 Å². The van der Waals surface area contributed by atoms with Crippen molar-refractivity contribution in [2.24, 2.45) is 0 Å². The van der Waals surface area contributed by atoms with Gasteiger partial charge in [-0.2, -0.15) is 0 Å². The Bertz CT molecular complexity index is 688. The molecule has 1 radical (unpaired) electrons. The van der Waals surface area contributed by atoms with Crippen LogP contribution in [0.3, 0.4) is 0 Å². The van der Waals surface area contributed by atoms with E-state index in [1.807, 2.05) is 60.7 Å². The molecule has 1 aliphatic rings. The van der Waals surface area contributed by atoms with Crippen LogP contribution in [0, 0.1) is 6.08 Å². The topological polar surface area (TPSA) is 0 Å². The molecule has 1 aliphatic carbocycles. The third-order valence-corrected chi connectivity index (χ3v) is 6.10. The molecule has 0 spiro atoms. The molecule has 4 heteroatoms. The van der Waals surface area contributed by atoms with E-state index in [1.54, 1.807) is 0 Å². The molecule has 3 rings (SSSR count). The lowest BCUT2D eigenvalue weighted by Gasteiger charge is -2.31. The van der Waals surface area contributed by atoms with Gasteiger partial charge >= 0.3 is 0 Å². The molecule has 0 bridgehead atoms. The van der Waals surface area contributed by atoms with E-state index < -0.39 is 8.65 Å². The lowest BCUT2D eigenvalue weighted by molar-refractivity contribution is 0.877. The first-order valence-electron chi connectivity index (χ1n) is 6.65. The molecule has 0 aromatic heterocycles. The Morgan fingerprint density at radius 1 is 0.773 bits per heavy atom. The van der Waals surface area contributed by atoms with Gasteiger partial charge in [0.1, 0.15) is 0 Å². The number of halogens is 4. The van der Waals surface area contributed by atoms with Gasteiger partial charge in [0.05, 0.1) is 8.65 Å². The summed E-state index contributed by atoms with van der Waals surface area (Å²) in [7, 11) is 0. The van der Waals surface area contributed by atoms with Gasteiger partial charge in [-0.1, -0.05) is 110 Å². The average Bonchev–Trinajstić information content (AvgIpc) is 2.51. The molecule has 2 unspecified atom stereocenters. The number of alkyl halides is 2. The fourth-order valence-corrected chi connectivity index (χ4v) is 4.40. The molecule has 0 saturated heterocycles. The zero-order valence-corrected chi connectivity index (χ0v) is 16.0. The minimum Gasteiger partial charge on any atom is -0.0840 e. The van der Waals surface area contributed by atoms with Crippen LogP contribution < -0.4 is 0 Å². The lowest BCUT2D eigenvalue weighted by Crippen LogP contribution is -2.23. The van der Waals surface area contributed by atoms with E-state index in [4.69, 9.17) is 23.2 Å². The zero-order valence-electron chi connectivity index (χ0n) is 11.4. The first-order valence-corrected chi connectivity index (χ1v) is 8.99. The summed E-state index contributed by atoms with van der Waals surface area (Å²) < 4.78 is -1.01. The molecular formula is C18H11Br2Cl2. The van der Waals surface area contributed by atoms with Gasteiger partial charge in [0, 0.05) is 10.0 Å². The third-order valence-electron chi connectivity index (χ3n) is 3.60. The minimum absolute atomic E-state index is 0.468. The smallest absolute Gasteiger partial charge is 0.0840 e. The van der Waals surface area contributed by atoms with Crippen LogP contribution in [0.25, 0.3) is 0 Å². The molecule has 2 aromatic carbocycles. The highest BCUT2D eigenvalue weighted by atomic mass is 79.9. The Morgan fingerprint density at radius 2 is 1.32 bits per heavy atom. The fraction of sp³-hybridized carbons (Fsp3) is 0.111. The van der Waals surface area contributed by atoms with Crippen LogP contribution in [0.5, 0.6) is 0 Å². The number of benzene rings is 2. The van der Waals surface area contributed by atoms with Crippen LogP contribution in [0.15, 0.2) is 66.8 Å². The van der Waals surface area contributed by atoms with Crippen molar-refractivity contribution >= 4 is 55.1 Å². The fourth-order valence-electron chi connectivity index (χ4n) is 2.41. The maximum Gasteiger partial charge on any atom is 0.0951 e. The summed E-state index contributed by atoms with van der Waals surface area (Å²) in [5, 5.41) is 1.41. The number of hydrogen-bond acceptors (Lipinski definition) is 0. The van der Waals surface area contributed by atoms with Gasteiger partial charge in [0.25, 0.3) is 0 Å². The van der Waals surface area contributed by atoms with E-state index in [0.717, 1.165) is 11.1 Å². The standard InChI is InChI=1S/C18H11Br2Cl2/c19-17(13-5-1-3-7-15(13)21)9-11-18(20,12-10-17)14-6-2-4-8-16(14)22/h1-11H. The second-order valence-corrected chi connectivity index (χ2v) is 8.44. The van der Waals surface area contributed by atoms with Crippen molar-refractivity contribution in [3.63, 3.8) is 0 Å². The van der Waals surface area contributed by atoms with Crippen LogP contribution >= 0.6 is 55.1 Å². The van der Waals surface area contributed by atoms with Gasteiger partial charge in [-0.25, -0.2) is 0 Å². The predicted octanol–water partition coefficient (Wildman–Crippen LogP) is 6.80.